The van der Waals surface area contributed by atoms with Crippen LogP contribution in [-0.2, 0) is 18.9 Å². The molecule has 118 valence electrons. The minimum Gasteiger partial charge on any atom is -0.394 e. The summed E-state index contributed by atoms with van der Waals surface area (Å²) in [6.45, 7) is -0.629. The van der Waals surface area contributed by atoms with Crippen LogP contribution >= 0.6 is 0 Å². The standard InChI is InChI=1S/C11H20O9/c1-17-10-8(15)7(14)5(20-10)3-18-11-9(16)6(13)4(2-12)19-11/h4-16H,2-3H2,1H3/t4-,5-,6-,7-,8+,9+,10+,11+/m0/s1. The molecule has 0 spiro atoms. The summed E-state index contributed by atoms with van der Waals surface area (Å²) < 4.78 is 20.4. The number of aliphatic hydroxyl groups excluding tert-OH is 5. The van der Waals surface area contributed by atoms with Gasteiger partial charge in [0.05, 0.1) is 13.2 Å². The minimum absolute atomic E-state index is 0.176. The predicted molar refractivity (Wildman–Crippen MR) is 61.4 cm³/mol. The maximum atomic E-state index is 9.72. The van der Waals surface area contributed by atoms with Crippen molar-refractivity contribution in [3.8, 4) is 0 Å². The third kappa shape index (κ3) is 2.96. The topological polar surface area (TPSA) is 138 Å². The summed E-state index contributed by atoms with van der Waals surface area (Å²) in [5, 5.41) is 47.4. The molecule has 20 heavy (non-hydrogen) atoms. The Hall–Kier alpha value is -0.360. The first-order valence-electron chi connectivity index (χ1n) is 6.28. The van der Waals surface area contributed by atoms with Gasteiger partial charge in [-0.1, -0.05) is 0 Å². The van der Waals surface area contributed by atoms with E-state index in [4.69, 9.17) is 24.1 Å². The first kappa shape index (κ1) is 16.0. The first-order chi connectivity index (χ1) is 9.49. The lowest BCUT2D eigenvalue weighted by Gasteiger charge is -2.19. The van der Waals surface area contributed by atoms with E-state index in [2.05, 4.69) is 0 Å². The molecule has 9 nitrogen and oxygen atoms in total. The summed E-state index contributed by atoms with van der Waals surface area (Å²) in [6, 6.07) is 0. The molecule has 8 atom stereocenters. The van der Waals surface area contributed by atoms with Crippen LogP contribution in [0.5, 0.6) is 0 Å². The van der Waals surface area contributed by atoms with Gasteiger partial charge >= 0.3 is 0 Å². The summed E-state index contributed by atoms with van der Waals surface area (Å²) in [5.41, 5.74) is 0. The van der Waals surface area contributed by atoms with Crippen LogP contribution in [0.15, 0.2) is 0 Å². The number of hydrogen-bond acceptors (Lipinski definition) is 9. The Morgan fingerprint density at radius 3 is 1.90 bits per heavy atom. The fraction of sp³-hybridized carbons (Fsp3) is 1.00. The molecule has 2 aliphatic heterocycles. The van der Waals surface area contributed by atoms with Gasteiger partial charge in [-0.05, 0) is 0 Å². The van der Waals surface area contributed by atoms with Crippen molar-refractivity contribution in [2.45, 2.75) is 49.2 Å². The van der Waals surface area contributed by atoms with Gasteiger partial charge in [0.25, 0.3) is 0 Å². The van der Waals surface area contributed by atoms with Crippen LogP contribution in [0.3, 0.4) is 0 Å². The molecule has 0 bridgehead atoms. The van der Waals surface area contributed by atoms with E-state index in [0.29, 0.717) is 0 Å². The largest absolute Gasteiger partial charge is 0.394 e. The van der Waals surface area contributed by atoms with Crippen molar-refractivity contribution >= 4 is 0 Å². The average molecular weight is 296 g/mol. The smallest absolute Gasteiger partial charge is 0.186 e. The molecule has 0 aromatic rings. The molecule has 0 unspecified atom stereocenters. The summed E-state index contributed by atoms with van der Waals surface area (Å²) in [5.74, 6) is 0. The van der Waals surface area contributed by atoms with Crippen molar-refractivity contribution in [3.05, 3.63) is 0 Å². The monoisotopic (exact) mass is 296 g/mol. The highest BCUT2D eigenvalue weighted by molar-refractivity contribution is 4.89. The molecule has 0 aliphatic carbocycles. The molecule has 0 radical (unpaired) electrons. The molecule has 2 saturated heterocycles. The Labute approximate surface area is 115 Å². The van der Waals surface area contributed by atoms with Crippen LogP contribution in [0, 0.1) is 0 Å². The van der Waals surface area contributed by atoms with Crippen molar-refractivity contribution in [1.29, 1.82) is 0 Å². The Kier molecular flexibility index (Phi) is 5.29. The van der Waals surface area contributed by atoms with E-state index in [1.54, 1.807) is 0 Å². The first-order valence-corrected chi connectivity index (χ1v) is 6.28. The molecule has 9 heteroatoms. The number of rotatable bonds is 5. The van der Waals surface area contributed by atoms with Gasteiger partial charge in [-0.25, -0.2) is 0 Å². The van der Waals surface area contributed by atoms with Crippen molar-refractivity contribution < 1.29 is 44.5 Å². The van der Waals surface area contributed by atoms with E-state index in [0.717, 1.165) is 0 Å². The number of hydrogen-bond donors (Lipinski definition) is 5. The fourth-order valence-electron chi connectivity index (χ4n) is 2.24. The highest BCUT2D eigenvalue weighted by Gasteiger charge is 2.46. The van der Waals surface area contributed by atoms with Gasteiger partial charge in [0, 0.05) is 7.11 Å². The van der Waals surface area contributed by atoms with Crippen LogP contribution in [0.2, 0.25) is 0 Å². The third-order valence-corrected chi connectivity index (χ3v) is 3.47. The van der Waals surface area contributed by atoms with E-state index in [1.165, 1.54) is 7.11 Å². The van der Waals surface area contributed by atoms with Gasteiger partial charge in [-0.2, -0.15) is 0 Å². The van der Waals surface area contributed by atoms with Gasteiger partial charge in [-0.15, -0.1) is 0 Å². The molecule has 5 N–H and O–H groups in total. The van der Waals surface area contributed by atoms with Gasteiger partial charge < -0.3 is 44.5 Å². The van der Waals surface area contributed by atoms with E-state index in [9.17, 15) is 20.4 Å². The van der Waals surface area contributed by atoms with Crippen LogP contribution in [0.1, 0.15) is 0 Å². The van der Waals surface area contributed by atoms with E-state index < -0.39 is 55.8 Å². The molecule has 0 aromatic heterocycles. The molecule has 2 rings (SSSR count). The Morgan fingerprint density at radius 1 is 0.850 bits per heavy atom. The highest BCUT2D eigenvalue weighted by Crippen LogP contribution is 2.25. The summed E-state index contributed by atoms with van der Waals surface area (Å²) >= 11 is 0. The summed E-state index contributed by atoms with van der Waals surface area (Å²) in [6.07, 6.45) is -8.83. The molecule has 2 heterocycles. The number of aliphatic hydroxyl groups is 5. The Bertz CT molecular complexity index is 284. The van der Waals surface area contributed by atoms with Crippen molar-refractivity contribution in [1.82, 2.24) is 0 Å². The predicted octanol–water partition coefficient (Wildman–Crippen LogP) is -3.46. The van der Waals surface area contributed by atoms with Crippen molar-refractivity contribution in [3.63, 3.8) is 0 Å². The van der Waals surface area contributed by atoms with Crippen molar-refractivity contribution in [2.24, 2.45) is 0 Å². The fourth-order valence-corrected chi connectivity index (χ4v) is 2.24. The number of methoxy groups -OCH3 is 1. The van der Waals surface area contributed by atoms with Crippen molar-refractivity contribution in [2.75, 3.05) is 20.3 Å². The molecule has 2 aliphatic rings. The number of ether oxygens (including phenoxy) is 4. The molecule has 0 amide bonds. The lowest BCUT2D eigenvalue weighted by Crippen LogP contribution is -2.38. The van der Waals surface area contributed by atoms with Gasteiger partial charge in [0.2, 0.25) is 0 Å². The molecule has 0 saturated carbocycles. The van der Waals surface area contributed by atoms with E-state index in [1.807, 2.05) is 0 Å². The zero-order valence-electron chi connectivity index (χ0n) is 10.9. The molecule has 0 aromatic carbocycles. The summed E-state index contributed by atoms with van der Waals surface area (Å²) in [7, 11) is 1.33. The van der Waals surface area contributed by atoms with Gasteiger partial charge in [-0.3, -0.25) is 0 Å². The van der Waals surface area contributed by atoms with Crippen LogP contribution in [0.4, 0.5) is 0 Å². The average Bonchev–Trinajstić information content (AvgIpc) is 2.88. The second-order valence-corrected chi connectivity index (χ2v) is 4.80. The van der Waals surface area contributed by atoms with Crippen LogP contribution in [-0.4, -0.2) is 95.1 Å². The van der Waals surface area contributed by atoms with E-state index in [-0.39, 0.29) is 6.61 Å². The summed E-state index contributed by atoms with van der Waals surface area (Å²) in [4.78, 5) is 0. The maximum Gasteiger partial charge on any atom is 0.186 e. The van der Waals surface area contributed by atoms with Crippen LogP contribution in [0.25, 0.3) is 0 Å². The normalized spacial score (nSPS) is 48.9. The molecular formula is C11H20O9. The minimum atomic E-state index is -1.31. The van der Waals surface area contributed by atoms with Gasteiger partial charge in [0.1, 0.15) is 36.6 Å². The second-order valence-electron chi connectivity index (χ2n) is 4.80. The Balaban J connectivity index is 1.84. The Morgan fingerprint density at radius 2 is 1.40 bits per heavy atom. The van der Waals surface area contributed by atoms with Crippen LogP contribution < -0.4 is 0 Å². The molecule has 2 fully saturated rings. The third-order valence-electron chi connectivity index (χ3n) is 3.47. The maximum absolute atomic E-state index is 9.72. The zero-order chi connectivity index (χ0) is 14.9. The lowest BCUT2D eigenvalue weighted by atomic mass is 10.1. The SMILES string of the molecule is CO[C@@H]1O[C@@H](CO[C@@H]2O[C@@H](CO)[C@H](O)[C@H]2O)[C@H](O)[C@H]1O. The molecular weight excluding hydrogens is 276 g/mol. The van der Waals surface area contributed by atoms with Gasteiger partial charge in [0.15, 0.2) is 12.6 Å². The van der Waals surface area contributed by atoms with E-state index >= 15 is 0 Å². The highest BCUT2D eigenvalue weighted by atomic mass is 16.7. The second kappa shape index (κ2) is 6.60. The lowest BCUT2D eigenvalue weighted by molar-refractivity contribution is -0.201. The quantitative estimate of drug-likeness (QED) is 0.350. The zero-order valence-corrected chi connectivity index (χ0v) is 10.9.